The van der Waals surface area contributed by atoms with Crippen LogP contribution in [0.2, 0.25) is 0 Å². The van der Waals surface area contributed by atoms with Crippen LogP contribution in [0.15, 0.2) is 4.42 Å². The van der Waals surface area contributed by atoms with Gasteiger partial charge < -0.3 is 15.1 Å². The summed E-state index contributed by atoms with van der Waals surface area (Å²) in [7, 11) is 0. The predicted octanol–water partition coefficient (Wildman–Crippen LogP) is 2.34. The van der Waals surface area contributed by atoms with E-state index in [1.807, 2.05) is 6.92 Å². The Labute approximate surface area is 102 Å². The van der Waals surface area contributed by atoms with Crippen molar-refractivity contribution in [1.29, 1.82) is 0 Å². The molecule has 1 aromatic heterocycles. The minimum absolute atomic E-state index is 0.127. The Kier molecular flexibility index (Phi) is 4.36. The Morgan fingerprint density at radius 2 is 2.24 bits per heavy atom. The molecular formula is C12H22N4O. The second-order valence-electron chi connectivity index (χ2n) is 4.80. The lowest BCUT2D eigenvalue weighted by Crippen LogP contribution is -2.21. The monoisotopic (exact) mass is 238 g/mol. The molecule has 0 spiro atoms. The number of hydrogen-bond donors (Lipinski definition) is 2. The molecule has 0 aliphatic heterocycles. The zero-order valence-corrected chi connectivity index (χ0v) is 10.7. The molecular weight excluding hydrogens is 216 g/mol. The average Bonchev–Trinajstić information content (AvgIpc) is 2.72. The highest BCUT2D eigenvalue weighted by atomic mass is 16.4. The lowest BCUT2D eigenvalue weighted by Gasteiger charge is -2.24. The molecule has 96 valence electrons. The van der Waals surface area contributed by atoms with E-state index >= 15 is 0 Å². The summed E-state index contributed by atoms with van der Waals surface area (Å²) in [6, 6.07) is 0.679. The molecule has 2 N–H and O–H groups in total. The highest BCUT2D eigenvalue weighted by Gasteiger charge is 2.18. The van der Waals surface area contributed by atoms with Gasteiger partial charge >= 0.3 is 6.01 Å². The van der Waals surface area contributed by atoms with Crippen molar-refractivity contribution >= 4 is 6.01 Å². The molecule has 1 atom stereocenters. The van der Waals surface area contributed by atoms with Gasteiger partial charge in [-0.3, -0.25) is 0 Å². The van der Waals surface area contributed by atoms with Crippen molar-refractivity contribution in [2.24, 2.45) is 5.92 Å². The van der Waals surface area contributed by atoms with Gasteiger partial charge in [0, 0.05) is 6.54 Å². The Morgan fingerprint density at radius 1 is 1.41 bits per heavy atom. The van der Waals surface area contributed by atoms with Crippen LogP contribution in [0.3, 0.4) is 0 Å². The predicted molar refractivity (Wildman–Crippen MR) is 66.8 cm³/mol. The molecule has 1 unspecified atom stereocenters. The summed E-state index contributed by atoms with van der Waals surface area (Å²) >= 11 is 0. The topological polar surface area (TPSA) is 63.0 Å². The zero-order chi connectivity index (χ0) is 12.1. The molecule has 5 nitrogen and oxygen atoms in total. The normalized spacial score (nSPS) is 17.8. The maximum Gasteiger partial charge on any atom is 0.315 e. The number of hydrogen-bond acceptors (Lipinski definition) is 5. The molecule has 0 bridgehead atoms. The lowest BCUT2D eigenvalue weighted by molar-refractivity contribution is 0.329. The average molecular weight is 238 g/mol. The van der Waals surface area contributed by atoms with Gasteiger partial charge in [0.1, 0.15) is 0 Å². The number of aromatic nitrogens is 2. The SMILES string of the molecule is CCCNC(C)c1nnc(NCC2CCC2)o1. The maximum atomic E-state index is 5.57. The molecule has 1 fully saturated rings. The Morgan fingerprint density at radius 3 is 2.88 bits per heavy atom. The molecule has 0 saturated heterocycles. The van der Waals surface area contributed by atoms with E-state index in [9.17, 15) is 0 Å². The first-order valence-electron chi connectivity index (χ1n) is 6.60. The third-order valence-corrected chi connectivity index (χ3v) is 3.28. The fraction of sp³-hybridized carbons (Fsp3) is 0.833. The summed E-state index contributed by atoms with van der Waals surface area (Å²) in [5.41, 5.74) is 0. The summed E-state index contributed by atoms with van der Waals surface area (Å²) in [5, 5.41) is 14.6. The van der Waals surface area contributed by atoms with Crippen LogP contribution in [0.5, 0.6) is 0 Å². The second-order valence-corrected chi connectivity index (χ2v) is 4.80. The first-order valence-corrected chi connectivity index (χ1v) is 6.60. The highest BCUT2D eigenvalue weighted by molar-refractivity contribution is 5.17. The highest BCUT2D eigenvalue weighted by Crippen LogP contribution is 2.26. The number of anilines is 1. The molecule has 1 heterocycles. The maximum absolute atomic E-state index is 5.57. The van der Waals surface area contributed by atoms with E-state index in [4.69, 9.17) is 4.42 Å². The minimum atomic E-state index is 0.127. The van der Waals surface area contributed by atoms with E-state index in [-0.39, 0.29) is 6.04 Å². The van der Waals surface area contributed by atoms with E-state index in [1.165, 1.54) is 19.3 Å². The summed E-state index contributed by atoms with van der Waals surface area (Å²) in [5.74, 6) is 1.45. The standard InChI is InChI=1S/C12H22N4O/c1-3-7-13-9(2)11-15-16-12(17-11)14-8-10-5-4-6-10/h9-10,13H,3-8H2,1-2H3,(H,14,16). The molecule has 0 aromatic carbocycles. The van der Waals surface area contributed by atoms with Crippen molar-refractivity contribution in [2.75, 3.05) is 18.4 Å². The van der Waals surface area contributed by atoms with Crippen molar-refractivity contribution in [3.8, 4) is 0 Å². The van der Waals surface area contributed by atoms with Gasteiger partial charge in [0.15, 0.2) is 0 Å². The van der Waals surface area contributed by atoms with Gasteiger partial charge in [-0.05, 0) is 38.6 Å². The molecule has 0 radical (unpaired) electrons. The Bertz CT molecular complexity index is 335. The molecule has 1 aliphatic rings. The van der Waals surface area contributed by atoms with Gasteiger partial charge in [0.25, 0.3) is 0 Å². The lowest BCUT2D eigenvalue weighted by atomic mass is 9.85. The first-order chi connectivity index (χ1) is 8.29. The van der Waals surface area contributed by atoms with Crippen LogP contribution >= 0.6 is 0 Å². The molecule has 2 rings (SSSR count). The molecule has 17 heavy (non-hydrogen) atoms. The van der Waals surface area contributed by atoms with Crippen LogP contribution in [-0.2, 0) is 0 Å². The fourth-order valence-electron chi connectivity index (χ4n) is 1.86. The van der Waals surface area contributed by atoms with Crippen LogP contribution < -0.4 is 10.6 Å². The quantitative estimate of drug-likeness (QED) is 0.763. The molecule has 1 aromatic rings. The summed E-state index contributed by atoms with van der Waals surface area (Å²) < 4.78 is 5.57. The van der Waals surface area contributed by atoms with Crippen LogP contribution in [0.4, 0.5) is 6.01 Å². The van der Waals surface area contributed by atoms with Gasteiger partial charge in [-0.15, -0.1) is 5.10 Å². The first kappa shape index (κ1) is 12.4. The van der Waals surface area contributed by atoms with Crippen molar-refractivity contribution in [3.63, 3.8) is 0 Å². The molecule has 1 aliphatic carbocycles. The van der Waals surface area contributed by atoms with Gasteiger partial charge in [0.2, 0.25) is 5.89 Å². The number of rotatable bonds is 7. The van der Waals surface area contributed by atoms with Crippen molar-refractivity contribution in [2.45, 2.75) is 45.6 Å². The Hall–Kier alpha value is -1.10. The molecule has 0 amide bonds. The third kappa shape index (κ3) is 3.43. The van der Waals surface area contributed by atoms with Gasteiger partial charge in [-0.1, -0.05) is 18.4 Å². The smallest absolute Gasteiger partial charge is 0.315 e. The van der Waals surface area contributed by atoms with Crippen molar-refractivity contribution in [3.05, 3.63) is 5.89 Å². The van der Waals surface area contributed by atoms with Gasteiger partial charge in [-0.2, -0.15) is 0 Å². The fourth-order valence-corrected chi connectivity index (χ4v) is 1.86. The van der Waals surface area contributed by atoms with Crippen molar-refractivity contribution < 1.29 is 4.42 Å². The summed E-state index contributed by atoms with van der Waals surface area (Å²) in [4.78, 5) is 0. The van der Waals surface area contributed by atoms with E-state index in [1.54, 1.807) is 0 Å². The largest absolute Gasteiger partial charge is 0.406 e. The van der Waals surface area contributed by atoms with Crippen LogP contribution in [0.1, 0.15) is 51.5 Å². The number of nitrogens with one attached hydrogen (secondary N) is 2. The van der Waals surface area contributed by atoms with E-state index in [0.717, 1.165) is 25.4 Å². The Balaban J connectivity index is 1.77. The minimum Gasteiger partial charge on any atom is -0.406 e. The van der Waals surface area contributed by atoms with Crippen LogP contribution in [-0.4, -0.2) is 23.3 Å². The number of nitrogens with zero attached hydrogens (tertiary/aromatic N) is 2. The van der Waals surface area contributed by atoms with Gasteiger partial charge in [-0.25, -0.2) is 0 Å². The summed E-state index contributed by atoms with van der Waals surface area (Å²) in [6.07, 6.45) is 5.11. The van der Waals surface area contributed by atoms with Crippen molar-refractivity contribution in [1.82, 2.24) is 15.5 Å². The summed E-state index contributed by atoms with van der Waals surface area (Å²) in [6.45, 7) is 6.10. The van der Waals surface area contributed by atoms with E-state index < -0.39 is 0 Å². The van der Waals surface area contributed by atoms with E-state index in [0.29, 0.717) is 11.9 Å². The second kappa shape index (κ2) is 6.00. The van der Waals surface area contributed by atoms with Gasteiger partial charge in [0.05, 0.1) is 6.04 Å². The van der Waals surface area contributed by atoms with E-state index in [2.05, 4.69) is 27.8 Å². The van der Waals surface area contributed by atoms with Crippen LogP contribution in [0, 0.1) is 5.92 Å². The van der Waals surface area contributed by atoms with Crippen LogP contribution in [0.25, 0.3) is 0 Å². The third-order valence-electron chi connectivity index (χ3n) is 3.28. The molecule has 5 heteroatoms. The molecule has 1 saturated carbocycles. The zero-order valence-electron chi connectivity index (χ0n) is 10.7.